The van der Waals surface area contributed by atoms with Crippen LogP contribution in [-0.2, 0) is 9.59 Å². The quantitative estimate of drug-likeness (QED) is 0.653. The second kappa shape index (κ2) is 7.84. The molecule has 0 radical (unpaired) electrons. The van der Waals surface area contributed by atoms with Gasteiger partial charge in [-0.05, 0) is 70.5 Å². The normalized spacial score (nSPS) is 13.4. The first-order valence-corrected chi connectivity index (χ1v) is 9.63. The van der Waals surface area contributed by atoms with E-state index in [4.69, 9.17) is 16.3 Å². The summed E-state index contributed by atoms with van der Waals surface area (Å²) in [4.78, 5) is 26.3. The van der Waals surface area contributed by atoms with E-state index >= 15 is 0 Å². The molecule has 2 aromatic rings. The average molecular weight is 485 g/mol. The molecular formula is C19H18ClIN2O3. The molecule has 2 aromatic carbocycles. The van der Waals surface area contributed by atoms with Gasteiger partial charge in [-0.3, -0.25) is 14.5 Å². The lowest BCUT2D eigenvalue weighted by atomic mass is 10.0. The van der Waals surface area contributed by atoms with E-state index in [1.807, 2.05) is 12.1 Å². The Morgan fingerprint density at radius 1 is 1.31 bits per heavy atom. The van der Waals surface area contributed by atoms with Crippen LogP contribution in [0.1, 0.15) is 25.3 Å². The van der Waals surface area contributed by atoms with Gasteiger partial charge in [0.1, 0.15) is 12.3 Å². The number of hydrogen-bond acceptors (Lipinski definition) is 3. The van der Waals surface area contributed by atoms with E-state index in [0.717, 1.165) is 14.8 Å². The zero-order valence-electron chi connectivity index (χ0n) is 14.4. The average Bonchev–Trinajstić information content (AvgIpc) is 2.59. The number of nitrogens with zero attached hydrogens (tertiary/aromatic N) is 1. The Morgan fingerprint density at radius 2 is 2.08 bits per heavy atom. The third-order valence-corrected chi connectivity index (χ3v) is 4.98. The summed E-state index contributed by atoms with van der Waals surface area (Å²) in [7, 11) is 0. The summed E-state index contributed by atoms with van der Waals surface area (Å²) >= 11 is 8.28. The highest BCUT2D eigenvalue weighted by Crippen LogP contribution is 2.34. The van der Waals surface area contributed by atoms with Crippen molar-refractivity contribution in [2.45, 2.75) is 19.8 Å². The van der Waals surface area contributed by atoms with E-state index in [1.165, 1.54) is 4.90 Å². The molecule has 1 aliphatic rings. The van der Waals surface area contributed by atoms with Gasteiger partial charge < -0.3 is 10.1 Å². The summed E-state index contributed by atoms with van der Waals surface area (Å²) in [5.41, 5.74) is 2.33. The van der Waals surface area contributed by atoms with Crippen molar-refractivity contribution in [3.05, 3.63) is 50.6 Å². The Morgan fingerprint density at radius 3 is 2.81 bits per heavy atom. The first-order valence-electron chi connectivity index (χ1n) is 8.17. The molecule has 0 fully saturated rings. The smallest absolute Gasteiger partial charge is 0.265 e. The first-order chi connectivity index (χ1) is 12.3. The van der Waals surface area contributed by atoms with E-state index in [1.54, 1.807) is 18.2 Å². The van der Waals surface area contributed by atoms with E-state index in [-0.39, 0.29) is 30.9 Å². The number of anilines is 2. The second-order valence-electron chi connectivity index (χ2n) is 6.32. The fraction of sp³-hybridized carbons (Fsp3) is 0.263. The highest BCUT2D eigenvalue weighted by atomic mass is 127. The molecule has 0 unspecified atom stereocenters. The van der Waals surface area contributed by atoms with Crippen LogP contribution in [0.4, 0.5) is 11.4 Å². The SMILES string of the molecule is CC(C)c1cc(I)ccc1NC(=O)CN1C(=O)COc2ccc(Cl)cc21. The van der Waals surface area contributed by atoms with Gasteiger partial charge in [-0.1, -0.05) is 25.4 Å². The summed E-state index contributed by atoms with van der Waals surface area (Å²) in [6, 6.07) is 10.9. The number of benzene rings is 2. The third-order valence-electron chi connectivity index (χ3n) is 4.08. The van der Waals surface area contributed by atoms with Crippen molar-refractivity contribution in [1.82, 2.24) is 0 Å². The van der Waals surface area contributed by atoms with Crippen LogP contribution in [0.15, 0.2) is 36.4 Å². The summed E-state index contributed by atoms with van der Waals surface area (Å²) in [5, 5.41) is 3.40. The number of carbonyl (C=O) groups is 2. The van der Waals surface area contributed by atoms with Gasteiger partial charge in [-0.2, -0.15) is 0 Å². The van der Waals surface area contributed by atoms with Crippen molar-refractivity contribution in [3.8, 4) is 5.75 Å². The molecule has 1 N–H and O–H groups in total. The van der Waals surface area contributed by atoms with Gasteiger partial charge in [0, 0.05) is 14.3 Å². The van der Waals surface area contributed by atoms with Gasteiger partial charge >= 0.3 is 0 Å². The monoisotopic (exact) mass is 484 g/mol. The van der Waals surface area contributed by atoms with Crippen LogP contribution in [-0.4, -0.2) is 25.0 Å². The topological polar surface area (TPSA) is 58.6 Å². The number of amides is 2. The maximum atomic E-state index is 12.6. The molecule has 5 nitrogen and oxygen atoms in total. The second-order valence-corrected chi connectivity index (χ2v) is 8.00. The maximum Gasteiger partial charge on any atom is 0.265 e. The molecule has 2 amide bonds. The lowest BCUT2D eigenvalue weighted by Gasteiger charge is -2.29. The minimum atomic E-state index is -0.276. The predicted octanol–water partition coefficient (Wildman–Crippen LogP) is 4.43. The maximum absolute atomic E-state index is 12.6. The van der Waals surface area contributed by atoms with Crippen molar-refractivity contribution in [2.24, 2.45) is 0 Å². The van der Waals surface area contributed by atoms with Gasteiger partial charge in [-0.15, -0.1) is 0 Å². The number of ether oxygens (including phenoxy) is 1. The molecule has 0 aromatic heterocycles. The summed E-state index contributed by atoms with van der Waals surface area (Å²) in [6.45, 7) is 3.96. The number of hydrogen-bond donors (Lipinski definition) is 1. The highest BCUT2D eigenvalue weighted by Gasteiger charge is 2.27. The van der Waals surface area contributed by atoms with Crippen molar-refractivity contribution in [1.29, 1.82) is 0 Å². The molecule has 0 atom stereocenters. The lowest BCUT2D eigenvalue weighted by molar-refractivity contribution is -0.123. The molecule has 3 rings (SSSR count). The Kier molecular flexibility index (Phi) is 5.72. The Hall–Kier alpha value is -1.80. The highest BCUT2D eigenvalue weighted by molar-refractivity contribution is 14.1. The molecule has 1 aliphatic heterocycles. The Balaban J connectivity index is 1.81. The van der Waals surface area contributed by atoms with Crippen LogP contribution in [0, 0.1) is 3.57 Å². The molecule has 0 aliphatic carbocycles. The number of rotatable bonds is 4. The van der Waals surface area contributed by atoms with Crippen molar-refractivity contribution >= 4 is 57.4 Å². The van der Waals surface area contributed by atoms with E-state index in [0.29, 0.717) is 16.5 Å². The van der Waals surface area contributed by atoms with Crippen molar-refractivity contribution in [3.63, 3.8) is 0 Å². The van der Waals surface area contributed by atoms with Crippen LogP contribution in [0.25, 0.3) is 0 Å². The van der Waals surface area contributed by atoms with Crippen LogP contribution in [0.5, 0.6) is 5.75 Å². The molecule has 0 spiro atoms. The molecule has 136 valence electrons. The minimum Gasteiger partial charge on any atom is -0.482 e. The summed E-state index contributed by atoms with van der Waals surface area (Å²) < 4.78 is 6.51. The van der Waals surface area contributed by atoms with Gasteiger partial charge in [0.15, 0.2) is 6.61 Å². The zero-order valence-corrected chi connectivity index (χ0v) is 17.3. The number of nitrogens with one attached hydrogen (secondary N) is 1. The summed E-state index contributed by atoms with van der Waals surface area (Å²) in [6.07, 6.45) is 0. The number of halogens is 2. The zero-order chi connectivity index (χ0) is 18.8. The fourth-order valence-corrected chi connectivity index (χ4v) is 3.49. The largest absolute Gasteiger partial charge is 0.482 e. The van der Waals surface area contributed by atoms with Gasteiger partial charge in [0.25, 0.3) is 5.91 Å². The Bertz CT molecular complexity index is 870. The minimum absolute atomic E-state index is 0.0946. The van der Waals surface area contributed by atoms with E-state index < -0.39 is 0 Å². The Labute approximate surface area is 170 Å². The standard InChI is InChI=1S/C19H18ClIN2O3/c1-11(2)14-8-13(21)4-5-15(14)22-18(24)9-23-16-7-12(20)3-6-17(16)26-10-19(23)25/h3-8,11H,9-10H2,1-2H3,(H,22,24). The van der Waals surface area contributed by atoms with Gasteiger partial charge in [0.05, 0.1) is 5.69 Å². The van der Waals surface area contributed by atoms with Crippen molar-refractivity contribution in [2.75, 3.05) is 23.4 Å². The number of fused-ring (bicyclic) bond motifs is 1. The van der Waals surface area contributed by atoms with Crippen LogP contribution in [0.3, 0.4) is 0 Å². The molecule has 7 heteroatoms. The van der Waals surface area contributed by atoms with Crippen molar-refractivity contribution < 1.29 is 14.3 Å². The van der Waals surface area contributed by atoms with E-state index in [2.05, 4.69) is 47.8 Å². The number of carbonyl (C=O) groups excluding carboxylic acids is 2. The van der Waals surface area contributed by atoms with Gasteiger partial charge in [0.2, 0.25) is 5.91 Å². The lowest BCUT2D eigenvalue weighted by Crippen LogP contribution is -2.43. The summed E-state index contributed by atoms with van der Waals surface area (Å²) in [5.74, 6) is 0.263. The molecule has 0 saturated heterocycles. The molecule has 1 heterocycles. The predicted molar refractivity (Wildman–Crippen MR) is 111 cm³/mol. The molecule has 0 saturated carbocycles. The fourth-order valence-electron chi connectivity index (χ4n) is 2.81. The van der Waals surface area contributed by atoms with Gasteiger partial charge in [-0.25, -0.2) is 0 Å². The van der Waals surface area contributed by atoms with Crippen LogP contribution in [0.2, 0.25) is 5.02 Å². The molecule has 26 heavy (non-hydrogen) atoms. The first kappa shape index (κ1) is 19.0. The van der Waals surface area contributed by atoms with Crippen LogP contribution < -0.4 is 15.0 Å². The van der Waals surface area contributed by atoms with Crippen LogP contribution >= 0.6 is 34.2 Å². The third kappa shape index (κ3) is 4.12. The molecule has 0 bridgehead atoms. The molecular weight excluding hydrogens is 467 g/mol. The van der Waals surface area contributed by atoms with E-state index in [9.17, 15) is 9.59 Å².